The van der Waals surface area contributed by atoms with Gasteiger partial charge in [-0.2, -0.15) is 47.2 Å². The Morgan fingerprint density at radius 2 is 0.961 bits per heavy atom. The molecule has 0 unspecified atom stereocenters. The Labute approximate surface area is 430 Å². The SMILES string of the molecule is COc1cc(N=Nc2ccc(N=Nc3ccc4cc(S(=O)(=O)O)cc(S(=O)(=O)O)c4c3)c3ccc(S(=O)(=O)O)cc23)c2cc(S(=O)(=O)O)ccc2c1N=Nc1c(S(=O)(=O)O)cc2cc(Nc3ccccc3)ccc2c1O. The lowest BCUT2D eigenvalue weighted by molar-refractivity contribution is 0.416. The van der Waals surface area contributed by atoms with Crippen LogP contribution < -0.4 is 10.1 Å². The number of para-hydroxylation sites is 1. The average molecular weight is 1130 g/mol. The average Bonchev–Trinajstić information content (AvgIpc) is 3.35. The monoisotopic (exact) mass is 1130 g/mol. The van der Waals surface area contributed by atoms with Crippen LogP contribution in [0.4, 0.5) is 45.5 Å². The van der Waals surface area contributed by atoms with Gasteiger partial charge in [-0.25, -0.2) is 0 Å². The van der Waals surface area contributed by atoms with E-state index in [-0.39, 0.29) is 77.3 Å². The van der Waals surface area contributed by atoms with Crippen LogP contribution in [0.15, 0.2) is 195 Å². The van der Waals surface area contributed by atoms with Gasteiger partial charge >= 0.3 is 0 Å². The molecule has 0 spiro atoms. The number of benzene rings is 9. The first kappa shape index (κ1) is 52.6. The Balaban J connectivity index is 1.15. The van der Waals surface area contributed by atoms with E-state index in [1.165, 1.54) is 61.7 Å². The summed E-state index contributed by atoms with van der Waals surface area (Å²) in [6.45, 7) is 0. The first-order valence-electron chi connectivity index (χ1n) is 21.2. The molecule has 76 heavy (non-hydrogen) atoms. The predicted octanol–water partition coefficient (Wildman–Crippen LogP) is 11.2. The van der Waals surface area contributed by atoms with Gasteiger partial charge in [-0.1, -0.05) is 36.4 Å². The van der Waals surface area contributed by atoms with Gasteiger partial charge in [0.1, 0.15) is 26.9 Å². The number of hydrogen-bond donors (Lipinski definition) is 7. The third kappa shape index (κ3) is 10.8. The van der Waals surface area contributed by atoms with Gasteiger partial charge in [0.15, 0.2) is 5.75 Å². The quantitative estimate of drug-likeness (QED) is 0.0393. The number of nitrogens with one attached hydrogen (secondary N) is 1. The Hall–Kier alpha value is -8.23. The molecule has 0 aromatic heterocycles. The number of fused-ring (bicyclic) bond motifs is 4. The lowest BCUT2D eigenvalue weighted by atomic mass is 10.1. The zero-order valence-corrected chi connectivity index (χ0v) is 42.3. The standard InChI is InChI=1S/C47H33N7O17S5/c1-71-42-24-41(38-22-31(73(59,60)61)11-14-35(38)45(42)53-54-46-44(76(68,69)70)19-26-17-28(9-12-33(26)47(46)55)48-27-5-3-2-4-6-27)52-51-40-16-15-39(34-13-10-30(21-37(34)40)72(56,57)58)50-49-29-8-7-25-18-32(74(62,63)64)23-43(36(25)20-29)75(65,66)67/h2-24,48,55H,1H3,(H,56,57,58)(H,59,60,61)(H,62,63,64)(H,65,66,67)(H,68,69,70). The summed E-state index contributed by atoms with van der Waals surface area (Å²) < 4.78 is 179. The van der Waals surface area contributed by atoms with E-state index in [0.717, 1.165) is 42.5 Å². The third-order valence-corrected chi connectivity index (χ3v) is 15.7. The molecule has 388 valence electrons. The summed E-state index contributed by atoms with van der Waals surface area (Å²) in [7, 11) is -23.6. The van der Waals surface area contributed by atoms with Crippen LogP contribution in [0.25, 0.3) is 43.1 Å². The van der Waals surface area contributed by atoms with E-state index in [1.54, 1.807) is 30.3 Å². The van der Waals surface area contributed by atoms with Gasteiger partial charge in [-0.15, -0.1) is 25.6 Å². The number of methoxy groups -OCH3 is 1. The predicted molar refractivity (Wildman–Crippen MR) is 275 cm³/mol. The molecule has 0 amide bonds. The minimum Gasteiger partial charge on any atom is -0.505 e. The molecule has 0 bridgehead atoms. The minimum atomic E-state index is -5.10. The Kier molecular flexibility index (Phi) is 13.5. The second-order valence-corrected chi connectivity index (χ2v) is 23.3. The number of azo groups is 3. The molecular weight excluding hydrogens is 1090 g/mol. The molecule has 0 aliphatic heterocycles. The molecule has 0 fully saturated rings. The second-order valence-electron chi connectivity index (χ2n) is 16.3. The number of hydrogen-bond acceptors (Lipinski definition) is 19. The lowest BCUT2D eigenvalue weighted by Gasteiger charge is -2.13. The van der Waals surface area contributed by atoms with Crippen molar-refractivity contribution in [2.75, 3.05) is 12.4 Å². The van der Waals surface area contributed by atoms with E-state index in [4.69, 9.17) is 4.74 Å². The van der Waals surface area contributed by atoms with Crippen LogP contribution >= 0.6 is 0 Å². The maximum absolute atomic E-state index is 12.8. The van der Waals surface area contributed by atoms with Gasteiger partial charge < -0.3 is 15.2 Å². The molecule has 9 rings (SSSR count). The summed E-state index contributed by atoms with van der Waals surface area (Å²) in [5, 5.41) is 40.0. The summed E-state index contributed by atoms with van der Waals surface area (Å²) in [6, 6.07) is 30.3. The molecular formula is C47H33N7O17S5. The molecule has 29 heteroatoms. The van der Waals surface area contributed by atoms with Crippen molar-refractivity contribution in [2.24, 2.45) is 30.7 Å². The fourth-order valence-corrected chi connectivity index (χ4v) is 10.9. The topological polar surface area (TPSA) is 388 Å². The number of anilines is 2. The van der Waals surface area contributed by atoms with E-state index >= 15 is 0 Å². The van der Waals surface area contributed by atoms with Crippen LogP contribution in [0, 0.1) is 0 Å². The fraction of sp³-hybridized carbons (Fsp3) is 0.0213. The molecule has 9 aromatic rings. The zero-order chi connectivity index (χ0) is 54.7. The van der Waals surface area contributed by atoms with Crippen LogP contribution in [0.2, 0.25) is 0 Å². The second kappa shape index (κ2) is 19.5. The van der Waals surface area contributed by atoms with Gasteiger partial charge in [0.2, 0.25) is 0 Å². The summed E-state index contributed by atoms with van der Waals surface area (Å²) in [4.78, 5) is -3.74. The Bertz CT molecular complexity index is 4640. The minimum absolute atomic E-state index is 0.000287. The summed E-state index contributed by atoms with van der Waals surface area (Å²) in [6.07, 6.45) is 0. The number of aromatic hydroxyl groups is 1. The van der Waals surface area contributed by atoms with Gasteiger partial charge in [0, 0.05) is 49.8 Å². The van der Waals surface area contributed by atoms with Gasteiger partial charge in [0.05, 0.1) is 44.5 Å². The van der Waals surface area contributed by atoms with Crippen molar-refractivity contribution in [1.82, 2.24) is 0 Å². The Morgan fingerprint density at radius 3 is 1.58 bits per heavy atom. The van der Waals surface area contributed by atoms with Crippen LogP contribution in [0.5, 0.6) is 11.5 Å². The van der Waals surface area contributed by atoms with Crippen molar-refractivity contribution in [3.8, 4) is 11.5 Å². The van der Waals surface area contributed by atoms with Gasteiger partial charge in [0.25, 0.3) is 50.6 Å². The molecule has 0 radical (unpaired) electrons. The van der Waals surface area contributed by atoms with E-state index in [2.05, 4.69) is 36.0 Å². The molecule has 0 saturated carbocycles. The number of phenols is 1. The largest absolute Gasteiger partial charge is 0.505 e. The van der Waals surface area contributed by atoms with E-state index < -0.39 is 86.5 Å². The van der Waals surface area contributed by atoms with Crippen molar-refractivity contribution in [2.45, 2.75) is 24.5 Å². The number of nitrogens with zero attached hydrogens (tertiary/aromatic N) is 6. The molecule has 0 heterocycles. The number of ether oxygens (including phenoxy) is 1. The molecule has 0 saturated heterocycles. The number of phenolic OH excluding ortho intramolecular Hbond substituents is 1. The van der Waals surface area contributed by atoms with Crippen LogP contribution in [0.3, 0.4) is 0 Å². The van der Waals surface area contributed by atoms with Crippen LogP contribution in [-0.2, 0) is 50.6 Å². The van der Waals surface area contributed by atoms with E-state index in [9.17, 15) is 70.0 Å². The summed E-state index contributed by atoms with van der Waals surface area (Å²) >= 11 is 0. The van der Waals surface area contributed by atoms with E-state index in [1.807, 2.05) is 6.07 Å². The summed E-state index contributed by atoms with van der Waals surface area (Å²) in [5.41, 5.74) is 0.0594. The van der Waals surface area contributed by atoms with Crippen molar-refractivity contribution < 1.29 is 74.7 Å². The molecule has 0 aliphatic carbocycles. The van der Waals surface area contributed by atoms with E-state index in [0.29, 0.717) is 17.4 Å². The molecule has 24 nitrogen and oxygen atoms in total. The van der Waals surface area contributed by atoms with Crippen LogP contribution in [-0.4, -0.2) is 77.1 Å². The van der Waals surface area contributed by atoms with Crippen LogP contribution in [0.1, 0.15) is 0 Å². The molecule has 0 aliphatic rings. The summed E-state index contributed by atoms with van der Waals surface area (Å²) in [5.74, 6) is -0.845. The third-order valence-electron chi connectivity index (χ3n) is 11.4. The Morgan fingerprint density at radius 1 is 0.395 bits per heavy atom. The van der Waals surface area contributed by atoms with Crippen molar-refractivity contribution in [1.29, 1.82) is 0 Å². The maximum atomic E-state index is 12.8. The van der Waals surface area contributed by atoms with Crippen molar-refractivity contribution >= 4 is 139 Å². The highest BCUT2D eigenvalue weighted by molar-refractivity contribution is 7.87. The van der Waals surface area contributed by atoms with Crippen molar-refractivity contribution in [3.63, 3.8) is 0 Å². The highest BCUT2D eigenvalue weighted by atomic mass is 32.2. The normalized spacial score (nSPS) is 13.0. The first-order chi connectivity index (χ1) is 35.7. The molecule has 9 aromatic carbocycles. The maximum Gasteiger partial charge on any atom is 0.296 e. The number of rotatable bonds is 14. The highest BCUT2D eigenvalue weighted by Crippen LogP contribution is 2.47. The fourth-order valence-electron chi connectivity index (χ4n) is 7.92. The smallest absolute Gasteiger partial charge is 0.296 e. The highest BCUT2D eigenvalue weighted by Gasteiger charge is 2.25. The lowest BCUT2D eigenvalue weighted by Crippen LogP contribution is -2.04. The van der Waals surface area contributed by atoms with Gasteiger partial charge in [-0.3, -0.25) is 22.8 Å². The molecule has 7 N–H and O–H groups in total. The molecule has 0 atom stereocenters. The van der Waals surface area contributed by atoms with Crippen molar-refractivity contribution in [3.05, 3.63) is 140 Å². The first-order valence-corrected chi connectivity index (χ1v) is 28.4. The zero-order valence-electron chi connectivity index (χ0n) is 38.2. The van der Waals surface area contributed by atoms with Gasteiger partial charge in [-0.05, 0) is 108 Å².